The van der Waals surface area contributed by atoms with Gasteiger partial charge in [0.05, 0.1) is 6.17 Å². The first-order valence-electron chi connectivity index (χ1n) is 3.65. The molecule has 1 fully saturated rings. The van der Waals surface area contributed by atoms with E-state index in [2.05, 4.69) is 24.2 Å². The molecule has 0 aromatic carbocycles. The summed E-state index contributed by atoms with van der Waals surface area (Å²) in [4.78, 5) is 2.39. The van der Waals surface area contributed by atoms with E-state index in [4.69, 9.17) is 0 Å². The highest BCUT2D eigenvalue weighted by Gasteiger charge is 2.24. The predicted octanol–water partition coefficient (Wildman–Crippen LogP) is 0.646. The summed E-state index contributed by atoms with van der Waals surface area (Å²) in [6.45, 7) is 2.28. The highest BCUT2D eigenvalue weighted by Crippen LogP contribution is 2.18. The molecule has 2 unspecified atom stereocenters. The van der Waals surface area contributed by atoms with Gasteiger partial charge in [0.15, 0.2) is 0 Å². The van der Waals surface area contributed by atoms with Crippen LogP contribution in [0, 0.1) is 0 Å². The maximum absolute atomic E-state index is 3.27. The SMILES string of the molecule is CNC1CCC(C)N1C. The number of nitrogens with one attached hydrogen (secondary N) is 1. The van der Waals surface area contributed by atoms with Crippen molar-refractivity contribution >= 4 is 0 Å². The van der Waals surface area contributed by atoms with Crippen molar-refractivity contribution in [3.8, 4) is 0 Å². The van der Waals surface area contributed by atoms with E-state index in [0.717, 1.165) is 6.04 Å². The summed E-state index contributed by atoms with van der Waals surface area (Å²) in [5, 5.41) is 3.27. The second-order valence-electron chi connectivity index (χ2n) is 2.90. The Labute approximate surface area is 57.2 Å². The van der Waals surface area contributed by atoms with Crippen molar-refractivity contribution in [3.05, 3.63) is 0 Å². The van der Waals surface area contributed by atoms with Crippen molar-refractivity contribution in [2.75, 3.05) is 14.1 Å². The molecule has 0 spiro atoms. The van der Waals surface area contributed by atoms with Crippen LogP contribution < -0.4 is 5.32 Å². The van der Waals surface area contributed by atoms with Gasteiger partial charge < -0.3 is 5.32 Å². The third kappa shape index (κ3) is 1.25. The molecule has 1 aliphatic heterocycles. The average Bonchev–Trinajstić information content (AvgIpc) is 2.15. The van der Waals surface area contributed by atoms with Crippen molar-refractivity contribution in [3.63, 3.8) is 0 Å². The summed E-state index contributed by atoms with van der Waals surface area (Å²) in [6, 6.07) is 0.766. The zero-order valence-corrected chi connectivity index (χ0v) is 6.52. The highest BCUT2D eigenvalue weighted by molar-refractivity contribution is 4.79. The zero-order valence-electron chi connectivity index (χ0n) is 6.52. The van der Waals surface area contributed by atoms with E-state index in [1.807, 2.05) is 7.05 Å². The van der Waals surface area contributed by atoms with Gasteiger partial charge >= 0.3 is 0 Å². The van der Waals surface area contributed by atoms with Gasteiger partial charge in [0.2, 0.25) is 0 Å². The van der Waals surface area contributed by atoms with Gasteiger partial charge in [0.1, 0.15) is 0 Å². The maximum Gasteiger partial charge on any atom is 0.0594 e. The monoisotopic (exact) mass is 128 g/mol. The first-order chi connectivity index (χ1) is 4.25. The summed E-state index contributed by atoms with van der Waals surface area (Å²) in [6.07, 6.45) is 3.26. The van der Waals surface area contributed by atoms with Gasteiger partial charge in [0.25, 0.3) is 0 Å². The molecule has 0 bridgehead atoms. The minimum atomic E-state index is 0.625. The lowest BCUT2D eigenvalue weighted by Crippen LogP contribution is -2.39. The molecule has 0 aromatic rings. The Bertz CT molecular complexity index is 92.9. The van der Waals surface area contributed by atoms with Gasteiger partial charge in [-0.25, -0.2) is 0 Å². The van der Waals surface area contributed by atoms with Gasteiger partial charge in [-0.2, -0.15) is 0 Å². The van der Waals surface area contributed by atoms with Crippen molar-refractivity contribution in [1.82, 2.24) is 10.2 Å². The lowest BCUT2D eigenvalue weighted by Gasteiger charge is -2.22. The van der Waals surface area contributed by atoms with E-state index < -0.39 is 0 Å². The Morgan fingerprint density at radius 2 is 2.11 bits per heavy atom. The molecular formula is C7H16N2. The maximum atomic E-state index is 3.27. The van der Waals surface area contributed by atoms with Crippen molar-refractivity contribution < 1.29 is 0 Å². The van der Waals surface area contributed by atoms with Crippen LogP contribution in [0.3, 0.4) is 0 Å². The molecule has 1 rings (SSSR count). The van der Waals surface area contributed by atoms with E-state index in [1.54, 1.807) is 0 Å². The minimum absolute atomic E-state index is 0.625. The first-order valence-corrected chi connectivity index (χ1v) is 3.65. The van der Waals surface area contributed by atoms with Gasteiger partial charge in [0, 0.05) is 6.04 Å². The average molecular weight is 128 g/mol. The number of likely N-dealkylation sites (tertiary alicyclic amines) is 1. The standard InChI is InChI=1S/C7H16N2/c1-6-4-5-7(8-2)9(6)3/h6-8H,4-5H2,1-3H3. The summed E-state index contributed by atoms with van der Waals surface area (Å²) in [5.74, 6) is 0. The summed E-state index contributed by atoms with van der Waals surface area (Å²) in [7, 11) is 4.21. The zero-order chi connectivity index (χ0) is 6.85. The van der Waals surface area contributed by atoms with Crippen LogP contribution in [-0.2, 0) is 0 Å². The van der Waals surface area contributed by atoms with Crippen LogP contribution in [0.2, 0.25) is 0 Å². The predicted molar refractivity (Wildman–Crippen MR) is 39.3 cm³/mol. The van der Waals surface area contributed by atoms with E-state index in [9.17, 15) is 0 Å². The molecule has 0 radical (unpaired) electrons. The third-order valence-corrected chi connectivity index (χ3v) is 2.38. The number of hydrogen-bond acceptors (Lipinski definition) is 2. The molecule has 0 saturated carbocycles. The Kier molecular flexibility index (Phi) is 2.09. The lowest BCUT2D eigenvalue weighted by atomic mass is 10.2. The van der Waals surface area contributed by atoms with Gasteiger partial charge in [-0.3, -0.25) is 4.90 Å². The third-order valence-electron chi connectivity index (χ3n) is 2.38. The smallest absolute Gasteiger partial charge is 0.0594 e. The molecule has 1 N–H and O–H groups in total. The molecule has 54 valence electrons. The Balaban J connectivity index is 2.41. The topological polar surface area (TPSA) is 15.3 Å². The summed E-state index contributed by atoms with van der Waals surface area (Å²) >= 11 is 0. The van der Waals surface area contributed by atoms with Crippen molar-refractivity contribution in [2.24, 2.45) is 0 Å². The van der Waals surface area contributed by atoms with Crippen LogP contribution >= 0.6 is 0 Å². The van der Waals surface area contributed by atoms with E-state index in [1.165, 1.54) is 12.8 Å². The van der Waals surface area contributed by atoms with Gasteiger partial charge in [-0.05, 0) is 33.9 Å². The van der Waals surface area contributed by atoms with Gasteiger partial charge in [-0.1, -0.05) is 0 Å². The van der Waals surface area contributed by atoms with Crippen LogP contribution in [0.5, 0.6) is 0 Å². The van der Waals surface area contributed by atoms with Crippen molar-refractivity contribution in [1.29, 1.82) is 0 Å². The van der Waals surface area contributed by atoms with Crippen LogP contribution in [-0.4, -0.2) is 31.2 Å². The molecule has 2 nitrogen and oxygen atoms in total. The van der Waals surface area contributed by atoms with Crippen LogP contribution in [0.25, 0.3) is 0 Å². The van der Waals surface area contributed by atoms with Crippen LogP contribution in [0.15, 0.2) is 0 Å². The molecular weight excluding hydrogens is 112 g/mol. The molecule has 2 atom stereocenters. The Morgan fingerprint density at radius 3 is 2.33 bits per heavy atom. The van der Waals surface area contributed by atoms with Crippen LogP contribution in [0.4, 0.5) is 0 Å². The Morgan fingerprint density at radius 1 is 1.44 bits per heavy atom. The first kappa shape index (κ1) is 7.03. The second kappa shape index (κ2) is 2.67. The largest absolute Gasteiger partial charge is 0.305 e. The van der Waals surface area contributed by atoms with Gasteiger partial charge in [-0.15, -0.1) is 0 Å². The number of rotatable bonds is 1. The fraction of sp³-hybridized carbons (Fsp3) is 1.00. The second-order valence-corrected chi connectivity index (χ2v) is 2.90. The van der Waals surface area contributed by atoms with E-state index in [-0.39, 0.29) is 0 Å². The fourth-order valence-corrected chi connectivity index (χ4v) is 1.46. The Hall–Kier alpha value is -0.0800. The number of nitrogens with zero attached hydrogens (tertiary/aromatic N) is 1. The number of hydrogen-bond donors (Lipinski definition) is 1. The van der Waals surface area contributed by atoms with Crippen molar-refractivity contribution in [2.45, 2.75) is 32.0 Å². The highest BCUT2D eigenvalue weighted by atomic mass is 15.3. The van der Waals surface area contributed by atoms with E-state index >= 15 is 0 Å². The summed E-state index contributed by atoms with van der Waals surface area (Å²) in [5.41, 5.74) is 0. The normalized spacial score (nSPS) is 37.7. The molecule has 2 heteroatoms. The molecule has 1 saturated heterocycles. The quantitative estimate of drug-likeness (QED) is 0.557. The minimum Gasteiger partial charge on any atom is -0.305 e. The molecule has 1 heterocycles. The summed E-state index contributed by atoms with van der Waals surface area (Å²) < 4.78 is 0. The lowest BCUT2D eigenvalue weighted by molar-refractivity contribution is 0.229. The molecule has 0 amide bonds. The molecule has 1 aliphatic rings. The molecule has 0 aliphatic carbocycles. The molecule has 9 heavy (non-hydrogen) atoms. The van der Waals surface area contributed by atoms with Crippen LogP contribution in [0.1, 0.15) is 19.8 Å². The molecule has 0 aromatic heterocycles. The van der Waals surface area contributed by atoms with E-state index in [0.29, 0.717) is 6.17 Å². The fourth-order valence-electron chi connectivity index (χ4n) is 1.46.